The van der Waals surface area contributed by atoms with Gasteiger partial charge in [0.15, 0.2) is 0 Å². The molecule has 1 heterocycles. The monoisotopic (exact) mass is 245 g/mol. The maximum absolute atomic E-state index is 5.34. The molecule has 0 aromatic carbocycles. The molecule has 98 valence electrons. The summed E-state index contributed by atoms with van der Waals surface area (Å²) in [5.41, 5.74) is 2.37. The van der Waals surface area contributed by atoms with Gasteiger partial charge in [-0.2, -0.15) is 0 Å². The van der Waals surface area contributed by atoms with Crippen LogP contribution >= 0.6 is 0 Å². The lowest BCUT2D eigenvalue weighted by Crippen LogP contribution is -2.23. The Hall–Kier alpha value is -1.53. The largest absolute Gasteiger partial charge is 0.349 e. The first-order chi connectivity index (χ1) is 8.56. The summed E-state index contributed by atoms with van der Waals surface area (Å²) in [7, 11) is 1.97. The average Bonchev–Trinajstić information content (AvgIpc) is 2.36. The molecule has 0 radical (unpaired) electrons. The standard InChI is InChI=1S/C15H23N3/c1-6-8-18(5)15-10-13(11-16-12(3)4)9-14(7-2)17-15/h1,9-10,12,16H,7-8,11H2,2-5H3. The quantitative estimate of drug-likeness (QED) is 0.779. The molecular formula is C15H23N3. The van der Waals surface area contributed by atoms with Crippen molar-refractivity contribution in [2.45, 2.75) is 39.8 Å². The number of aromatic nitrogens is 1. The number of nitrogens with zero attached hydrogens (tertiary/aromatic N) is 2. The van der Waals surface area contributed by atoms with Crippen LogP contribution in [0.3, 0.4) is 0 Å². The summed E-state index contributed by atoms with van der Waals surface area (Å²) in [5, 5.41) is 3.42. The molecule has 0 aliphatic carbocycles. The Morgan fingerprint density at radius 2 is 2.17 bits per heavy atom. The van der Waals surface area contributed by atoms with Gasteiger partial charge in [-0.25, -0.2) is 4.98 Å². The number of nitrogens with one attached hydrogen (secondary N) is 1. The fraction of sp³-hybridized carbons (Fsp3) is 0.533. The van der Waals surface area contributed by atoms with Crippen molar-refractivity contribution in [1.29, 1.82) is 0 Å². The van der Waals surface area contributed by atoms with Crippen molar-refractivity contribution in [3.05, 3.63) is 23.4 Å². The van der Waals surface area contributed by atoms with E-state index in [1.807, 2.05) is 11.9 Å². The molecule has 0 unspecified atom stereocenters. The van der Waals surface area contributed by atoms with Crippen LogP contribution in [0, 0.1) is 12.3 Å². The highest BCUT2D eigenvalue weighted by atomic mass is 15.2. The summed E-state index contributed by atoms with van der Waals surface area (Å²) >= 11 is 0. The molecule has 0 saturated carbocycles. The van der Waals surface area contributed by atoms with Crippen molar-refractivity contribution in [3.8, 4) is 12.3 Å². The zero-order valence-electron chi connectivity index (χ0n) is 11.8. The topological polar surface area (TPSA) is 28.2 Å². The van der Waals surface area contributed by atoms with Crippen LogP contribution in [0.15, 0.2) is 12.1 Å². The molecule has 1 rings (SSSR count). The van der Waals surface area contributed by atoms with Crippen molar-refractivity contribution >= 4 is 5.82 Å². The summed E-state index contributed by atoms with van der Waals surface area (Å²) in [5.74, 6) is 3.60. The van der Waals surface area contributed by atoms with E-state index < -0.39 is 0 Å². The normalized spacial score (nSPS) is 10.4. The first kappa shape index (κ1) is 14.5. The van der Waals surface area contributed by atoms with Crippen LogP contribution in [-0.2, 0) is 13.0 Å². The summed E-state index contributed by atoms with van der Waals surface area (Å²) in [6, 6.07) is 4.74. The Balaban J connectivity index is 2.91. The molecule has 3 heteroatoms. The van der Waals surface area contributed by atoms with Crippen molar-refractivity contribution in [2.24, 2.45) is 0 Å². The van der Waals surface area contributed by atoms with Gasteiger partial charge in [0.1, 0.15) is 5.82 Å². The third kappa shape index (κ3) is 4.38. The molecule has 0 bridgehead atoms. The van der Waals surface area contributed by atoms with E-state index in [-0.39, 0.29) is 0 Å². The Kier molecular flexibility index (Phi) is 5.67. The highest BCUT2D eigenvalue weighted by molar-refractivity contribution is 5.43. The summed E-state index contributed by atoms with van der Waals surface area (Å²) < 4.78 is 0. The van der Waals surface area contributed by atoms with Gasteiger partial charge in [0, 0.05) is 25.3 Å². The fourth-order valence-electron chi connectivity index (χ4n) is 1.65. The summed E-state index contributed by atoms with van der Waals surface area (Å²) in [4.78, 5) is 6.60. The van der Waals surface area contributed by atoms with Crippen LogP contribution < -0.4 is 10.2 Å². The van der Waals surface area contributed by atoms with E-state index in [4.69, 9.17) is 6.42 Å². The lowest BCUT2D eigenvalue weighted by atomic mass is 10.2. The predicted molar refractivity (Wildman–Crippen MR) is 77.7 cm³/mol. The number of hydrogen-bond acceptors (Lipinski definition) is 3. The maximum atomic E-state index is 5.34. The first-order valence-corrected chi connectivity index (χ1v) is 6.44. The highest BCUT2D eigenvalue weighted by Crippen LogP contribution is 2.14. The number of aryl methyl sites for hydroxylation is 1. The van der Waals surface area contributed by atoms with Gasteiger partial charge in [-0.15, -0.1) is 6.42 Å². The molecule has 0 fully saturated rings. The van der Waals surface area contributed by atoms with E-state index in [1.165, 1.54) is 5.56 Å². The Labute approximate surface area is 111 Å². The molecule has 1 N–H and O–H groups in total. The molecule has 0 aliphatic heterocycles. The third-order valence-corrected chi connectivity index (χ3v) is 2.72. The average molecular weight is 245 g/mol. The van der Waals surface area contributed by atoms with Crippen LogP contribution in [0.5, 0.6) is 0 Å². The summed E-state index contributed by atoms with van der Waals surface area (Å²) in [6.07, 6.45) is 6.28. The number of anilines is 1. The Morgan fingerprint density at radius 1 is 1.44 bits per heavy atom. The molecule has 0 aliphatic rings. The zero-order valence-corrected chi connectivity index (χ0v) is 11.8. The van der Waals surface area contributed by atoms with Gasteiger partial charge < -0.3 is 10.2 Å². The van der Waals surface area contributed by atoms with E-state index in [2.05, 4.69) is 49.1 Å². The van der Waals surface area contributed by atoms with Gasteiger partial charge in [-0.1, -0.05) is 26.7 Å². The highest BCUT2D eigenvalue weighted by Gasteiger charge is 2.06. The van der Waals surface area contributed by atoms with Crippen LogP contribution in [0.1, 0.15) is 32.0 Å². The zero-order chi connectivity index (χ0) is 13.5. The molecule has 0 saturated heterocycles. The second kappa shape index (κ2) is 7.03. The molecular weight excluding hydrogens is 222 g/mol. The summed E-state index contributed by atoms with van der Waals surface area (Å²) in [6.45, 7) is 7.86. The maximum Gasteiger partial charge on any atom is 0.129 e. The smallest absolute Gasteiger partial charge is 0.129 e. The number of pyridine rings is 1. The third-order valence-electron chi connectivity index (χ3n) is 2.72. The van der Waals surface area contributed by atoms with Crippen LogP contribution in [0.4, 0.5) is 5.82 Å². The van der Waals surface area contributed by atoms with Crippen LogP contribution in [-0.4, -0.2) is 24.6 Å². The first-order valence-electron chi connectivity index (χ1n) is 6.44. The molecule has 0 amide bonds. The molecule has 1 aromatic rings. The Morgan fingerprint density at radius 3 is 2.72 bits per heavy atom. The van der Waals surface area contributed by atoms with Crippen molar-refractivity contribution in [3.63, 3.8) is 0 Å². The second-order valence-corrected chi connectivity index (χ2v) is 4.77. The fourth-order valence-corrected chi connectivity index (χ4v) is 1.65. The number of terminal acetylenes is 1. The Bertz CT molecular complexity index is 418. The number of rotatable bonds is 6. The van der Waals surface area contributed by atoms with E-state index >= 15 is 0 Å². The molecule has 18 heavy (non-hydrogen) atoms. The van der Waals surface area contributed by atoms with E-state index in [9.17, 15) is 0 Å². The lowest BCUT2D eigenvalue weighted by Gasteiger charge is -2.18. The molecule has 0 atom stereocenters. The molecule has 1 aromatic heterocycles. The van der Waals surface area contributed by atoms with Gasteiger partial charge in [0.05, 0.1) is 6.54 Å². The minimum Gasteiger partial charge on any atom is -0.349 e. The van der Waals surface area contributed by atoms with Crippen LogP contribution in [0.2, 0.25) is 0 Å². The molecule has 0 spiro atoms. The van der Waals surface area contributed by atoms with Gasteiger partial charge >= 0.3 is 0 Å². The molecule has 3 nitrogen and oxygen atoms in total. The van der Waals surface area contributed by atoms with E-state index in [0.717, 1.165) is 24.5 Å². The van der Waals surface area contributed by atoms with Crippen LogP contribution in [0.25, 0.3) is 0 Å². The predicted octanol–water partition coefficient (Wildman–Crippen LogP) is 2.21. The number of hydrogen-bond donors (Lipinski definition) is 1. The second-order valence-electron chi connectivity index (χ2n) is 4.77. The van der Waals surface area contributed by atoms with E-state index in [0.29, 0.717) is 12.6 Å². The minimum absolute atomic E-state index is 0.482. The SMILES string of the molecule is C#CCN(C)c1cc(CNC(C)C)cc(CC)n1. The van der Waals surface area contributed by atoms with Gasteiger partial charge in [-0.3, -0.25) is 0 Å². The van der Waals surface area contributed by atoms with Crippen molar-refractivity contribution in [1.82, 2.24) is 10.3 Å². The van der Waals surface area contributed by atoms with Crippen molar-refractivity contribution in [2.75, 3.05) is 18.5 Å². The van der Waals surface area contributed by atoms with E-state index in [1.54, 1.807) is 0 Å². The van der Waals surface area contributed by atoms with Gasteiger partial charge in [0.2, 0.25) is 0 Å². The van der Waals surface area contributed by atoms with Crippen molar-refractivity contribution < 1.29 is 0 Å². The van der Waals surface area contributed by atoms with Gasteiger partial charge in [0.25, 0.3) is 0 Å². The van der Waals surface area contributed by atoms with Gasteiger partial charge in [-0.05, 0) is 24.1 Å². The lowest BCUT2D eigenvalue weighted by molar-refractivity contribution is 0.588. The minimum atomic E-state index is 0.482.